The van der Waals surface area contributed by atoms with Crippen LogP contribution < -0.4 is 4.74 Å². The van der Waals surface area contributed by atoms with Crippen molar-refractivity contribution in [1.29, 1.82) is 0 Å². The maximum Gasteiger partial charge on any atom is 0.344 e. The van der Waals surface area contributed by atoms with Crippen LogP contribution >= 0.6 is 0 Å². The van der Waals surface area contributed by atoms with E-state index in [1.165, 1.54) is 0 Å². The summed E-state index contributed by atoms with van der Waals surface area (Å²) in [6.07, 6.45) is 9.88. The van der Waals surface area contributed by atoms with E-state index >= 15 is 0 Å². The van der Waals surface area contributed by atoms with E-state index in [9.17, 15) is 4.79 Å². The standard InChI is InChI=1S/C18H18O3/c1-3-4-5-6-7-8-9-16(18(19)20)14-15-10-12-17(21-2)13-11-15/h1,10-14H,4-7H2,2H3,(H,19,20)/b16-14+. The molecule has 0 fully saturated rings. The van der Waals surface area contributed by atoms with Gasteiger partial charge in [0.1, 0.15) is 11.3 Å². The van der Waals surface area contributed by atoms with Gasteiger partial charge in [-0.3, -0.25) is 0 Å². The third-order valence-electron chi connectivity index (χ3n) is 2.75. The van der Waals surface area contributed by atoms with Gasteiger partial charge in [0.05, 0.1) is 7.11 Å². The Labute approximate surface area is 125 Å². The van der Waals surface area contributed by atoms with Crippen LogP contribution in [0.25, 0.3) is 6.08 Å². The first-order valence-corrected chi connectivity index (χ1v) is 6.68. The molecule has 108 valence electrons. The second-order valence-corrected chi connectivity index (χ2v) is 4.35. The number of aliphatic carboxylic acids is 1. The Morgan fingerprint density at radius 2 is 1.95 bits per heavy atom. The van der Waals surface area contributed by atoms with Crippen molar-refractivity contribution in [3.63, 3.8) is 0 Å². The number of rotatable bonds is 6. The molecule has 0 aliphatic carbocycles. The molecule has 0 heterocycles. The summed E-state index contributed by atoms with van der Waals surface area (Å²) in [7, 11) is 1.58. The number of terminal acetylenes is 1. The van der Waals surface area contributed by atoms with E-state index in [1.807, 2.05) is 0 Å². The minimum absolute atomic E-state index is 0.0807. The lowest BCUT2D eigenvalue weighted by Gasteiger charge is -1.99. The van der Waals surface area contributed by atoms with Gasteiger partial charge in [-0.2, -0.15) is 0 Å². The Morgan fingerprint density at radius 1 is 1.29 bits per heavy atom. The molecule has 3 heteroatoms. The third kappa shape index (κ3) is 6.36. The summed E-state index contributed by atoms with van der Waals surface area (Å²) in [6.45, 7) is 0. The van der Waals surface area contributed by atoms with Crippen LogP contribution in [0.15, 0.2) is 29.8 Å². The highest BCUT2D eigenvalue weighted by molar-refractivity contribution is 5.97. The molecular formula is C18H18O3. The molecule has 0 aliphatic heterocycles. The molecule has 1 N–H and O–H groups in total. The lowest BCUT2D eigenvalue weighted by Crippen LogP contribution is -1.97. The molecule has 0 amide bonds. The Balaban J connectivity index is 2.72. The highest BCUT2D eigenvalue weighted by atomic mass is 16.5. The molecule has 0 spiro atoms. The van der Waals surface area contributed by atoms with E-state index in [-0.39, 0.29) is 5.57 Å². The molecule has 0 atom stereocenters. The van der Waals surface area contributed by atoms with Crippen LogP contribution in [0.5, 0.6) is 5.75 Å². The topological polar surface area (TPSA) is 46.5 Å². The molecule has 21 heavy (non-hydrogen) atoms. The van der Waals surface area contributed by atoms with Crippen LogP contribution in [0.3, 0.4) is 0 Å². The number of hydrogen-bond donors (Lipinski definition) is 1. The summed E-state index contributed by atoms with van der Waals surface area (Å²) in [5.74, 6) is 7.84. The fraction of sp³-hybridized carbons (Fsp3) is 0.278. The third-order valence-corrected chi connectivity index (χ3v) is 2.75. The number of benzene rings is 1. The minimum atomic E-state index is -1.03. The maximum absolute atomic E-state index is 11.2. The summed E-state index contributed by atoms with van der Waals surface area (Å²) in [5, 5.41) is 9.15. The molecule has 1 rings (SSSR count). The first kappa shape index (κ1) is 16.4. The summed E-state index contributed by atoms with van der Waals surface area (Å²) in [5.41, 5.74) is 0.854. The van der Waals surface area contributed by atoms with E-state index in [0.29, 0.717) is 6.42 Å². The van der Waals surface area contributed by atoms with Crippen LogP contribution in [0, 0.1) is 24.2 Å². The van der Waals surface area contributed by atoms with Gasteiger partial charge in [-0.1, -0.05) is 24.0 Å². The number of carboxylic acids is 1. The quantitative estimate of drug-likeness (QED) is 0.494. The number of carbonyl (C=O) groups is 1. The Kier molecular flexibility index (Phi) is 7.25. The molecule has 0 saturated heterocycles. The lowest BCUT2D eigenvalue weighted by molar-refractivity contribution is -0.132. The van der Waals surface area contributed by atoms with Crippen molar-refractivity contribution in [2.24, 2.45) is 0 Å². The molecule has 1 aromatic carbocycles. The molecule has 0 aromatic heterocycles. The van der Waals surface area contributed by atoms with E-state index in [0.717, 1.165) is 30.6 Å². The van der Waals surface area contributed by atoms with E-state index in [4.69, 9.17) is 16.3 Å². The lowest BCUT2D eigenvalue weighted by atomic mass is 10.1. The van der Waals surface area contributed by atoms with E-state index < -0.39 is 5.97 Å². The van der Waals surface area contributed by atoms with Crippen LogP contribution in [0.4, 0.5) is 0 Å². The SMILES string of the molecule is C#CCCCCC#C/C(=C\c1ccc(OC)cc1)C(=O)O. The minimum Gasteiger partial charge on any atom is -0.497 e. The Morgan fingerprint density at radius 3 is 2.52 bits per heavy atom. The average molecular weight is 282 g/mol. The van der Waals surface area contributed by atoms with Crippen molar-refractivity contribution in [2.45, 2.75) is 25.7 Å². The van der Waals surface area contributed by atoms with Crippen molar-refractivity contribution in [1.82, 2.24) is 0 Å². The van der Waals surface area contributed by atoms with Crippen molar-refractivity contribution in [3.05, 3.63) is 35.4 Å². The van der Waals surface area contributed by atoms with Crippen LogP contribution in [0.1, 0.15) is 31.2 Å². The zero-order valence-electron chi connectivity index (χ0n) is 12.1. The largest absolute Gasteiger partial charge is 0.497 e. The Hall–Kier alpha value is -2.65. The van der Waals surface area contributed by atoms with Gasteiger partial charge in [0.25, 0.3) is 0 Å². The number of hydrogen-bond acceptors (Lipinski definition) is 2. The van der Waals surface area contributed by atoms with Crippen molar-refractivity contribution >= 4 is 12.0 Å². The van der Waals surface area contributed by atoms with Crippen LogP contribution in [-0.4, -0.2) is 18.2 Å². The van der Waals surface area contributed by atoms with Gasteiger partial charge in [0, 0.05) is 12.8 Å². The van der Waals surface area contributed by atoms with Gasteiger partial charge in [-0.05, 0) is 36.6 Å². The van der Waals surface area contributed by atoms with Gasteiger partial charge in [-0.15, -0.1) is 12.3 Å². The van der Waals surface area contributed by atoms with Gasteiger partial charge in [0.15, 0.2) is 0 Å². The molecule has 0 radical (unpaired) electrons. The van der Waals surface area contributed by atoms with Crippen molar-refractivity contribution in [2.75, 3.05) is 7.11 Å². The zero-order chi connectivity index (χ0) is 15.5. The fourth-order valence-electron chi connectivity index (χ4n) is 1.62. The van der Waals surface area contributed by atoms with Gasteiger partial charge in [-0.25, -0.2) is 4.79 Å². The number of unbranched alkanes of at least 4 members (excludes halogenated alkanes) is 3. The molecule has 0 aliphatic rings. The highest BCUT2D eigenvalue weighted by Crippen LogP contribution is 2.14. The molecular weight excluding hydrogens is 264 g/mol. The molecule has 3 nitrogen and oxygen atoms in total. The molecule has 1 aromatic rings. The smallest absolute Gasteiger partial charge is 0.344 e. The zero-order valence-corrected chi connectivity index (χ0v) is 12.1. The van der Waals surface area contributed by atoms with E-state index in [2.05, 4.69) is 17.8 Å². The Bertz CT molecular complexity index is 592. The molecule has 0 bridgehead atoms. The van der Waals surface area contributed by atoms with Crippen molar-refractivity contribution in [3.8, 4) is 29.9 Å². The van der Waals surface area contributed by atoms with Crippen molar-refractivity contribution < 1.29 is 14.6 Å². The number of carboxylic acid groups (broad SMARTS) is 1. The number of methoxy groups -OCH3 is 1. The van der Waals surface area contributed by atoms with Gasteiger partial charge < -0.3 is 9.84 Å². The second kappa shape index (κ2) is 9.28. The predicted molar refractivity (Wildman–Crippen MR) is 83.7 cm³/mol. The maximum atomic E-state index is 11.2. The van der Waals surface area contributed by atoms with Crippen LogP contribution in [0.2, 0.25) is 0 Å². The number of ether oxygens (including phenoxy) is 1. The van der Waals surface area contributed by atoms with Gasteiger partial charge >= 0.3 is 5.97 Å². The van der Waals surface area contributed by atoms with Crippen LogP contribution in [-0.2, 0) is 4.79 Å². The second-order valence-electron chi connectivity index (χ2n) is 4.35. The molecule has 0 saturated carbocycles. The summed E-state index contributed by atoms with van der Waals surface area (Å²) in [4.78, 5) is 11.2. The molecule has 0 unspecified atom stereocenters. The normalized spacial score (nSPS) is 10.2. The average Bonchev–Trinajstić information content (AvgIpc) is 2.50. The van der Waals surface area contributed by atoms with Gasteiger partial charge in [0.2, 0.25) is 0 Å². The summed E-state index contributed by atoms with van der Waals surface area (Å²) >= 11 is 0. The monoisotopic (exact) mass is 282 g/mol. The first-order chi connectivity index (χ1) is 10.2. The fourth-order valence-corrected chi connectivity index (χ4v) is 1.62. The summed E-state index contributed by atoms with van der Waals surface area (Å²) in [6, 6.07) is 7.13. The van der Waals surface area contributed by atoms with E-state index in [1.54, 1.807) is 37.5 Å². The summed E-state index contributed by atoms with van der Waals surface area (Å²) < 4.78 is 5.05. The highest BCUT2D eigenvalue weighted by Gasteiger charge is 2.03. The first-order valence-electron chi connectivity index (χ1n) is 6.68. The predicted octanol–water partition coefficient (Wildman–Crippen LogP) is 3.36.